The summed E-state index contributed by atoms with van der Waals surface area (Å²) in [5.41, 5.74) is 0.0914. The van der Waals surface area contributed by atoms with Crippen LogP contribution in [0.5, 0.6) is 0 Å². The van der Waals surface area contributed by atoms with Crippen LogP contribution in [0.25, 0.3) is 0 Å². The smallest absolute Gasteiger partial charge is 0.264 e. The fraction of sp³-hybridized carbons (Fsp3) is 0. The molecule has 0 aliphatic heterocycles. The molecule has 0 aromatic carbocycles. The van der Waals surface area contributed by atoms with Crippen LogP contribution >= 0.6 is 0 Å². The van der Waals surface area contributed by atoms with Crippen molar-refractivity contribution in [2.75, 3.05) is 0 Å². The largest absolute Gasteiger partial charge is 0.289 e. The molecule has 0 amide bonds. The standard InChI is InChI=1S/C8H7N3O2/c12-11(13)8-3-6-10(7-8)9-4-1-2-5-9/h1-7H. The summed E-state index contributed by atoms with van der Waals surface area (Å²) in [5.74, 6) is 0. The Kier molecular flexibility index (Phi) is 1.63. The summed E-state index contributed by atoms with van der Waals surface area (Å²) in [6.07, 6.45) is 6.71. The summed E-state index contributed by atoms with van der Waals surface area (Å²) in [6, 6.07) is 5.16. The van der Waals surface area contributed by atoms with E-state index < -0.39 is 4.92 Å². The van der Waals surface area contributed by atoms with Gasteiger partial charge >= 0.3 is 0 Å². The number of nitro groups is 1. The van der Waals surface area contributed by atoms with Gasteiger partial charge in [0.15, 0.2) is 0 Å². The number of hydrogen-bond acceptors (Lipinski definition) is 2. The van der Waals surface area contributed by atoms with Crippen molar-refractivity contribution in [3.05, 3.63) is 53.1 Å². The van der Waals surface area contributed by atoms with Gasteiger partial charge in [-0.05, 0) is 12.1 Å². The van der Waals surface area contributed by atoms with E-state index >= 15 is 0 Å². The van der Waals surface area contributed by atoms with Crippen LogP contribution in [0.2, 0.25) is 0 Å². The predicted molar refractivity (Wildman–Crippen MR) is 46.3 cm³/mol. The Bertz CT molecular complexity index is 416. The van der Waals surface area contributed by atoms with Crippen LogP contribution in [-0.2, 0) is 0 Å². The lowest BCUT2D eigenvalue weighted by Gasteiger charge is -2.00. The molecule has 0 atom stereocenters. The zero-order chi connectivity index (χ0) is 9.26. The normalized spacial score (nSPS) is 10.2. The van der Waals surface area contributed by atoms with Gasteiger partial charge in [-0.15, -0.1) is 0 Å². The van der Waals surface area contributed by atoms with E-state index in [1.165, 1.54) is 12.3 Å². The first-order valence-electron chi connectivity index (χ1n) is 3.73. The Balaban J connectivity index is 2.39. The van der Waals surface area contributed by atoms with E-state index in [2.05, 4.69) is 0 Å². The molecule has 66 valence electrons. The van der Waals surface area contributed by atoms with Crippen molar-refractivity contribution >= 4 is 5.69 Å². The third kappa shape index (κ3) is 1.31. The number of aromatic nitrogens is 2. The molecule has 2 rings (SSSR count). The Hall–Kier alpha value is -2.04. The quantitative estimate of drug-likeness (QED) is 0.515. The number of rotatable bonds is 2. The highest BCUT2D eigenvalue weighted by molar-refractivity contribution is 5.25. The molecule has 5 heteroatoms. The van der Waals surface area contributed by atoms with Gasteiger partial charge in [0.2, 0.25) is 0 Å². The van der Waals surface area contributed by atoms with Crippen molar-refractivity contribution in [2.24, 2.45) is 0 Å². The van der Waals surface area contributed by atoms with Crippen molar-refractivity contribution in [2.45, 2.75) is 0 Å². The summed E-state index contributed by atoms with van der Waals surface area (Å²) in [5, 5.41) is 10.4. The monoisotopic (exact) mass is 177 g/mol. The third-order valence-electron chi connectivity index (χ3n) is 1.73. The second-order valence-electron chi connectivity index (χ2n) is 2.57. The molecule has 0 fully saturated rings. The summed E-state index contributed by atoms with van der Waals surface area (Å²) >= 11 is 0. The second kappa shape index (κ2) is 2.78. The van der Waals surface area contributed by atoms with E-state index in [1.807, 2.05) is 24.5 Å². The van der Waals surface area contributed by atoms with Crippen molar-refractivity contribution in [1.82, 2.24) is 9.35 Å². The predicted octanol–water partition coefficient (Wildman–Crippen LogP) is 1.51. The molecule has 0 saturated carbocycles. The first-order chi connectivity index (χ1) is 6.27. The number of hydrogen-bond donors (Lipinski definition) is 0. The minimum absolute atomic E-state index is 0.0914. The summed E-state index contributed by atoms with van der Waals surface area (Å²) in [7, 11) is 0. The third-order valence-corrected chi connectivity index (χ3v) is 1.73. The molecule has 2 heterocycles. The van der Waals surface area contributed by atoms with Crippen LogP contribution in [0.1, 0.15) is 0 Å². The molecule has 0 saturated heterocycles. The van der Waals surface area contributed by atoms with Crippen LogP contribution < -0.4 is 0 Å². The van der Waals surface area contributed by atoms with Crippen LogP contribution in [0.3, 0.4) is 0 Å². The van der Waals surface area contributed by atoms with Crippen molar-refractivity contribution in [1.29, 1.82) is 0 Å². The lowest BCUT2D eigenvalue weighted by Crippen LogP contribution is -2.02. The Labute approximate surface area is 73.9 Å². The van der Waals surface area contributed by atoms with Crippen molar-refractivity contribution in [3.63, 3.8) is 0 Å². The van der Waals surface area contributed by atoms with Crippen molar-refractivity contribution < 1.29 is 4.92 Å². The van der Waals surface area contributed by atoms with Gasteiger partial charge in [0.05, 0.1) is 4.92 Å². The van der Waals surface area contributed by atoms with Gasteiger partial charge in [-0.3, -0.25) is 19.5 Å². The zero-order valence-electron chi connectivity index (χ0n) is 6.70. The van der Waals surface area contributed by atoms with Gasteiger partial charge < -0.3 is 0 Å². The minimum Gasteiger partial charge on any atom is -0.264 e. The fourth-order valence-electron chi connectivity index (χ4n) is 1.11. The van der Waals surface area contributed by atoms with Crippen LogP contribution in [0.4, 0.5) is 5.69 Å². The molecule has 0 spiro atoms. The molecule has 2 aromatic rings. The maximum atomic E-state index is 10.4. The summed E-state index contributed by atoms with van der Waals surface area (Å²) in [4.78, 5) is 9.95. The van der Waals surface area contributed by atoms with Gasteiger partial charge in [0.25, 0.3) is 5.69 Å². The molecule has 0 radical (unpaired) electrons. The lowest BCUT2D eigenvalue weighted by atomic mass is 10.6. The summed E-state index contributed by atoms with van der Waals surface area (Å²) < 4.78 is 3.38. The van der Waals surface area contributed by atoms with Crippen molar-refractivity contribution in [3.8, 4) is 0 Å². The highest BCUT2D eigenvalue weighted by atomic mass is 16.6. The van der Waals surface area contributed by atoms with E-state index in [0.29, 0.717) is 0 Å². The SMILES string of the molecule is O=[N+]([O-])c1ccn(-n2cccc2)c1. The van der Waals surface area contributed by atoms with Gasteiger partial charge in [-0.1, -0.05) is 0 Å². The molecular formula is C8H7N3O2. The fourth-order valence-corrected chi connectivity index (χ4v) is 1.11. The van der Waals surface area contributed by atoms with E-state index in [0.717, 1.165) is 0 Å². The molecule has 0 aliphatic rings. The molecular weight excluding hydrogens is 170 g/mol. The maximum absolute atomic E-state index is 10.4. The second-order valence-corrected chi connectivity index (χ2v) is 2.57. The molecule has 13 heavy (non-hydrogen) atoms. The lowest BCUT2D eigenvalue weighted by molar-refractivity contribution is -0.384. The molecule has 0 bridgehead atoms. The molecule has 0 unspecified atom stereocenters. The molecule has 5 nitrogen and oxygen atoms in total. The van der Waals surface area contributed by atoms with Gasteiger partial charge in [-0.2, -0.15) is 0 Å². The van der Waals surface area contributed by atoms with Crippen LogP contribution in [0, 0.1) is 10.1 Å². The van der Waals surface area contributed by atoms with E-state index in [9.17, 15) is 10.1 Å². The Morgan fingerprint density at radius 2 is 1.85 bits per heavy atom. The Morgan fingerprint density at radius 3 is 2.38 bits per heavy atom. The molecule has 2 aromatic heterocycles. The number of nitrogens with zero attached hydrogens (tertiary/aromatic N) is 3. The maximum Gasteiger partial charge on any atom is 0.289 e. The topological polar surface area (TPSA) is 53.0 Å². The summed E-state index contributed by atoms with van der Waals surface area (Å²) in [6.45, 7) is 0. The molecule has 0 N–H and O–H groups in total. The highest BCUT2D eigenvalue weighted by Gasteiger charge is 2.06. The highest BCUT2D eigenvalue weighted by Crippen LogP contribution is 2.10. The van der Waals surface area contributed by atoms with Gasteiger partial charge in [-0.25, -0.2) is 0 Å². The van der Waals surface area contributed by atoms with Crippen LogP contribution in [0.15, 0.2) is 43.0 Å². The first-order valence-corrected chi connectivity index (χ1v) is 3.73. The average Bonchev–Trinajstić information content (AvgIpc) is 2.75. The van der Waals surface area contributed by atoms with Gasteiger partial charge in [0.1, 0.15) is 6.20 Å². The van der Waals surface area contributed by atoms with E-state index in [1.54, 1.807) is 15.5 Å². The minimum atomic E-state index is -0.417. The van der Waals surface area contributed by atoms with Crippen LogP contribution in [-0.4, -0.2) is 14.3 Å². The van der Waals surface area contributed by atoms with E-state index in [4.69, 9.17) is 0 Å². The van der Waals surface area contributed by atoms with Gasteiger partial charge in [0, 0.05) is 24.7 Å². The van der Waals surface area contributed by atoms with E-state index in [-0.39, 0.29) is 5.69 Å². The zero-order valence-corrected chi connectivity index (χ0v) is 6.70. The Morgan fingerprint density at radius 1 is 1.15 bits per heavy atom. The average molecular weight is 177 g/mol. The first kappa shape index (κ1) is 7.60. The molecule has 0 aliphatic carbocycles.